The smallest absolute Gasteiger partial charge is 0.339 e. The molecule has 0 amide bonds. The maximum atomic E-state index is 11.6. The Morgan fingerprint density at radius 3 is 2.35 bits per heavy atom. The minimum atomic E-state index is -1.73. The summed E-state index contributed by atoms with van der Waals surface area (Å²) in [4.78, 5) is 11.6. The maximum absolute atomic E-state index is 11.6. The van der Waals surface area contributed by atoms with E-state index in [0.29, 0.717) is 11.5 Å². The fourth-order valence-electron chi connectivity index (χ4n) is 1.39. The summed E-state index contributed by atoms with van der Waals surface area (Å²) < 4.78 is 13.1. The van der Waals surface area contributed by atoms with E-state index in [1.54, 1.807) is 6.07 Å². The Morgan fingerprint density at radius 2 is 1.85 bits per heavy atom. The summed E-state index contributed by atoms with van der Waals surface area (Å²) in [6.07, 6.45) is -1.51. The third-order valence-corrected chi connectivity index (χ3v) is 2.65. The molecule has 0 heterocycles. The normalized spacial score (nSPS) is 12.7. The number of benzene rings is 1. The number of hydrogen-bond acceptors (Lipinski definition) is 5. The van der Waals surface area contributed by atoms with Gasteiger partial charge in [0.2, 0.25) is 3.79 Å². The van der Waals surface area contributed by atoms with Crippen molar-refractivity contribution in [1.29, 1.82) is 0 Å². The molecule has 0 spiro atoms. The van der Waals surface area contributed by atoms with E-state index in [9.17, 15) is 9.90 Å². The largest absolute Gasteiger partial charge is 0.493 e. The van der Waals surface area contributed by atoms with Crippen LogP contribution in [0.3, 0.4) is 0 Å². The second kappa shape index (κ2) is 7.22. The fourth-order valence-corrected chi connectivity index (χ4v) is 1.55. The number of methoxy groups -OCH3 is 2. The van der Waals surface area contributed by atoms with Crippen LogP contribution in [-0.2, 0) is 9.53 Å². The lowest BCUT2D eigenvalue weighted by Crippen LogP contribution is -2.22. The number of carbonyl (C=O) groups is 1. The molecule has 5 nitrogen and oxygen atoms in total. The fraction of sp³-hybridized carbons (Fsp3) is 0.417. The Balaban J connectivity index is 2.81. The zero-order valence-electron chi connectivity index (χ0n) is 10.7. The number of halogens is 3. The van der Waals surface area contributed by atoms with Crippen LogP contribution in [0.5, 0.6) is 11.5 Å². The van der Waals surface area contributed by atoms with Gasteiger partial charge in [0.05, 0.1) is 14.2 Å². The van der Waals surface area contributed by atoms with Crippen LogP contribution >= 0.6 is 34.8 Å². The van der Waals surface area contributed by atoms with Crippen molar-refractivity contribution in [2.45, 2.75) is 9.90 Å². The molecular formula is C12H13Cl3O5. The molecular weight excluding hydrogens is 330 g/mol. The van der Waals surface area contributed by atoms with Gasteiger partial charge in [0, 0.05) is 0 Å². The Morgan fingerprint density at radius 1 is 1.25 bits per heavy atom. The number of ether oxygens (including phenoxy) is 3. The van der Waals surface area contributed by atoms with Gasteiger partial charge in [-0.1, -0.05) is 40.9 Å². The van der Waals surface area contributed by atoms with E-state index in [4.69, 9.17) is 49.0 Å². The molecule has 0 saturated carbocycles. The second-order valence-electron chi connectivity index (χ2n) is 3.74. The van der Waals surface area contributed by atoms with Gasteiger partial charge in [0.25, 0.3) is 0 Å². The van der Waals surface area contributed by atoms with E-state index in [2.05, 4.69) is 0 Å². The predicted molar refractivity (Wildman–Crippen MR) is 75.8 cm³/mol. The van der Waals surface area contributed by atoms with Crippen molar-refractivity contribution >= 4 is 40.8 Å². The molecule has 0 aliphatic carbocycles. The van der Waals surface area contributed by atoms with Crippen molar-refractivity contribution in [3.05, 3.63) is 23.8 Å². The third kappa shape index (κ3) is 4.90. The van der Waals surface area contributed by atoms with E-state index in [0.717, 1.165) is 0 Å². The number of aliphatic hydroxyl groups excluding tert-OH is 1. The van der Waals surface area contributed by atoms with Crippen molar-refractivity contribution in [3.8, 4) is 11.5 Å². The van der Waals surface area contributed by atoms with E-state index < -0.39 is 22.5 Å². The van der Waals surface area contributed by atoms with Crippen molar-refractivity contribution < 1.29 is 24.1 Å². The van der Waals surface area contributed by atoms with Crippen molar-refractivity contribution in [3.63, 3.8) is 0 Å². The highest BCUT2D eigenvalue weighted by Crippen LogP contribution is 2.31. The summed E-state index contributed by atoms with van der Waals surface area (Å²) in [6.45, 7) is -0.457. The molecule has 0 aliphatic heterocycles. The number of carbonyl (C=O) groups excluding carboxylic acids is 1. The van der Waals surface area contributed by atoms with Gasteiger partial charge in [-0.15, -0.1) is 0 Å². The van der Waals surface area contributed by atoms with Crippen LogP contribution in [0.15, 0.2) is 18.2 Å². The Bertz CT molecular complexity index is 473. The topological polar surface area (TPSA) is 65.0 Å². The molecule has 1 N–H and O–H groups in total. The monoisotopic (exact) mass is 342 g/mol. The van der Waals surface area contributed by atoms with E-state index >= 15 is 0 Å². The van der Waals surface area contributed by atoms with Crippen molar-refractivity contribution in [2.24, 2.45) is 0 Å². The minimum absolute atomic E-state index is 0.275. The first-order chi connectivity index (χ1) is 9.28. The Labute approximate surface area is 131 Å². The molecule has 112 valence electrons. The average Bonchev–Trinajstić information content (AvgIpc) is 2.42. The first kappa shape index (κ1) is 17.2. The van der Waals surface area contributed by atoms with Crippen LogP contribution in [-0.4, -0.2) is 35.7 Å². The molecule has 8 heteroatoms. The molecule has 20 heavy (non-hydrogen) atoms. The first-order valence-electron chi connectivity index (χ1n) is 5.42. The number of aliphatic hydroxyl groups is 1. The summed E-state index contributed by atoms with van der Waals surface area (Å²) in [6, 6.07) is 4.52. The predicted octanol–water partition coefficient (Wildman–Crippen LogP) is 2.65. The SMILES string of the molecule is COc1ccc(C(O)C(=O)OCC(Cl)(Cl)Cl)cc1OC. The van der Waals surface area contributed by atoms with Crippen LogP contribution in [0.25, 0.3) is 0 Å². The van der Waals surface area contributed by atoms with Crippen molar-refractivity contribution in [1.82, 2.24) is 0 Å². The van der Waals surface area contributed by atoms with Crippen LogP contribution in [0.4, 0.5) is 0 Å². The number of alkyl halides is 3. The lowest BCUT2D eigenvalue weighted by atomic mass is 10.1. The van der Waals surface area contributed by atoms with E-state index in [1.165, 1.54) is 26.4 Å². The number of esters is 1. The van der Waals surface area contributed by atoms with Crippen molar-refractivity contribution in [2.75, 3.05) is 20.8 Å². The number of hydrogen-bond donors (Lipinski definition) is 1. The quantitative estimate of drug-likeness (QED) is 0.658. The molecule has 0 bridgehead atoms. The van der Waals surface area contributed by atoms with Gasteiger partial charge in [0.15, 0.2) is 17.6 Å². The molecule has 1 rings (SSSR count). The highest BCUT2D eigenvalue weighted by Gasteiger charge is 2.26. The molecule has 1 aromatic carbocycles. The summed E-state index contributed by atoms with van der Waals surface area (Å²) in [5.41, 5.74) is 0.275. The van der Waals surface area contributed by atoms with Crippen LogP contribution in [0, 0.1) is 0 Å². The minimum Gasteiger partial charge on any atom is -0.493 e. The molecule has 1 atom stereocenters. The maximum Gasteiger partial charge on any atom is 0.339 e. The van der Waals surface area contributed by atoms with E-state index in [1.807, 2.05) is 0 Å². The standard InChI is InChI=1S/C12H13Cl3O5/c1-18-8-4-3-7(5-9(8)19-2)10(16)11(17)20-6-12(13,14)15/h3-5,10,16H,6H2,1-2H3. The van der Waals surface area contributed by atoms with Gasteiger partial charge in [-0.3, -0.25) is 0 Å². The van der Waals surface area contributed by atoms with Gasteiger partial charge in [-0.2, -0.15) is 0 Å². The third-order valence-electron chi connectivity index (χ3n) is 2.32. The molecule has 0 saturated heterocycles. The Kier molecular flexibility index (Phi) is 6.20. The number of rotatable bonds is 5. The summed E-state index contributed by atoms with van der Waals surface area (Å²) in [7, 11) is 2.92. The molecule has 0 fully saturated rings. The van der Waals surface area contributed by atoms with Gasteiger partial charge >= 0.3 is 5.97 Å². The zero-order valence-corrected chi connectivity index (χ0v) is 13.0. The highest BCUT2D eigenvalue weighted by atomic mass is 35.6. The van der Waals surface area contributed by atoms with Gasteiger partial charge in [-0.05, 0) is 17.7 Å². The highest BCUT2D eigenvalue weighted by molar-refractivity contribution is 6.67. The first-order valence-corrected chi connectivity index (χ1v) is 6.55. The molecule has 0 aliphatic rings. The molecule has 1 unspecified atom stereocenters. The summed E-state index contributed by atoms with van der Waals surface area (Å²) >= 11 is 16.4. The van der Waals surface area contributed by atoms with Crippen LogP contribution in [0.2, 0.25) is 0 Å². The van der Waals surface area contributed by atoms with Crippen LogP contribution < -0.4 is 9.47 Å². The summed E-state index contributed by atoms with van der Waals surface area (Å²) in [5, 5.41) is 9.87. The Hall–Kier alpha value is -0.880. The molecule has 0 radical (unpaired) electrons. The lowest BCUT2D eigenvalue weighted by molar-refractivity contribution is -0.153. The summed E-state index contributed by atoms with van der Waals surface area (Å²) in [5.74, 6) is -0.0834. The lowest BCUT2D eigenvalue weighted by Gasteiger charge is -2.15. The second-order valence-corrected chi connectivity index (χ2v) is 6.26. The zero-order chi connectivity index (χ0) is 15.3. The molecule has 0 aromatic heterocycles. The van der Waals surface area contributed by atoms with Crippen LogP contribution in [0.1, 0.15) is 11.7 Å². The van der Waals surface area contributed by atoms with Gasteiger partial charge in [0.1, 0.15) is 6.61 Å². The average molecular weight is 344 g/mol. The van der Waals surface area contributed by atoms with Gasteiger partial charge in [-0.25, -0.2) is 4.79 Å². The van der Waals surface area contributed by atoms with Gasteiger partial charge < -0.3 is 19.3 Å². The van der Waals surface area contributed by atoms with E-state index in [-0.39, 0.29) is 5.56 Å². The molecule has 1 aromatic rings.